The number of likely N-dealkylation sites (N-methyl/N-ethyl adjacent to an activating group) is 1. The lowest BCUT2D eigenvalue weighted by Crippen LogP contribution is -2.31. The number of nitrogen functional groups attached to an aromatic ring is 1. The van der Waals surface area contributed by atoms with Crippen molar-refractivity contribution >= 4 is 22.1 Å². The number of pyridine rings is 1. The summed E-state index contributed by atoms with van der Waals surface area (Å²) in [5.41, 5.74) is 7.98. The number of rotatable bonds is 2. The number of hydrogen-bond donors (Lipinski definition) is 1. The monoisotopic (exact) mass is 243 g/mol. The van der Waals surface area contributed by atoms with E-state index in [1.54, 1.807) is 6.20 Å². The Morgan fingerprint density at radius 3 is 3.00 bits per heavy atom. The molecule has 3 rings (SSSR count). The molecule has 2 N–H and O–H groups in total. The van der Waals surface area contributed by atoms with E-state index in [-0.39, 0.29) is 0 Å². The van der Waals surface area contributed by atoms with Gasteiger partial charge in [0.15, 0.2) is 0 Å². The molecule has 1 aliphatic rings. The van der Waals surface area contributed by atoms with Crippen LogP contribution in [0.2, 0.25) is 0 Å². The molecule has 1 aromatic carbocycles. The third kappa shape index (κ3) is 1.78. The second kappa shape index (κ2) is 4.46. The maximum absolute atomic E-state index is 6.01. The van der Waals surface area contributed by atoms with Gasteiger partial charge in [-0.15, -0.1) is 0 Å². The van der Waals surface area contributed by atoms with E-state index in [1.807, 2.05) is 18.3 Å². The molecule has 0 radical (unpaired) electrons. The smallest absolute Gasteiger partial charge is 0.0670 e. The van der Waals surface area contributed by atoms with Gasteiger partial charge in [0.05, 0.1) is 12.6 Å². The van der Waals surface area contributed by atoms with E-state index >= 15 is 0 Å². The summed E-state index contributed by atoms with van der Waals surface area (Å²) in [6.07, 6.45) is 4.73. The minimum Gasteiger partial charge on any atom is -0.398 e. The van der Waals surface area contributed by atoms with Crippen molar-refractivity contribution in [3.05, 3.63) is 30.6 Å². The Labute approximate surface area is 106 Å². The molecule has 2 heterocycles. The van der Waals surface area contributed by atoms with Gasteiger partial charge in [0.1, 0.15) is 0 Å². The molecule has 1 saturated heterocycles. The van der Waals surface area contributed by atoms with Gasteiger partial charge in [-0.25, -0.2) is 0 Å². The van der Waals surface area contributed by atoms with Crippen LogP contribution >= 0.6 is 0 Å². The van der Waals surface area contributed by atoms with Crippen LogP contribution in [-0.4, -0.2) is 31.3 Å². The van der Waals surface area contributed by atoms with Crippen LogP contribution in [-0.2, 0) is 4.74 Å². The van der Waals surface area contributed by atoms with Gasteiger partial charge in [-0.05, 0) is 24.6 Å². The van der Waals surface area contributed by atoms with E-state index in [4.69, 9.17) is 10.5 Å². The van der Waals surface area contributed by atoms with E-state index in [1.165, 1.54) is 5.69 Å². The molecule has 0 amide bonds. The Morgan fingerprint density at radius 2 is 2.22 bits per heavy atom. The predicted octanol–water partition coefficient (Wildman–Crippen LogP) is 2.04. The summed E-state index contributed by atoms with van der Waals surface area (Å²) in [7, 11) is 2.11. The van der Waals surface area contributed by atoms with Gasteiger partial charge in [0.25, 0.3) is 0 Å². The second-order valence-corrected chi connectivity index (χ2v) is 4.72. The van der Waals surface area contributed by atoms with Crippen LogP contribution < -0.4 is 10.6 Å². The second-order valence-electron chi connectivity index (χ2n) is 4.72. The van der Waals surface area contributed by atoms with Crippen LogP contribution in [0.1, 0.15) is 6.42 Å². The molecule has 1 unspecified atom stereocenters. The molecule has 0 spiro atoms. The highest BCUT2D eigenvalue weighted by atomic mass is 16.5. The number of aromatic nitrogens is 1. The fourth-order valence-corrected chi connectivity index (χ4v) is 2.53. The standard InChI is InChI=1S/C14H17N3O/c1-17(10-5-7-18-9-10)14-3-2-13(15)11-4-6-16-8-12(11)14/h2-4,6,8,10H,5,7,9,15H2,1H3. The summed E-state index contributed by atoms with van der Waals surface area (Å²) in [4.78, 5) is 6.48. The highest BCUT2D eigenvalue weighted by Gasteiger charge is 2.22. The first-order chi connectivity index (χ1) is 8.77. The quantitative estimate of drug-likeness (QED) is 0.820. The van der Waals surface area contributed by atoms with Crippen molar-refractivity contribution in [1.82, 2.24) is 4.98 Å². The summed E-state index contributed by atoms with van der Waals surface area (Å²) < 4.78 is 5.45. The Bertz CT molecular complexity index is 564. The number of ether oxygens (including phenoxy) is 1. The third-order valence-corrected chi connectivity index (χ3v) is 3.66. The summed E-state index contributed by atoms with van der Waals surface area (Å²) >= 11 is 0. The molecule has 1 atom stereocenters. The number of nitrogens with zero attached hydrogens (tertiary/aromatic N) is 2. The summed E-state index contributed by atoms with van der Waals surface area (Å²) in [5.74, 6) is 0. The molecule has 1 aliphatic heterocycles. The van der Waals surface area contributed by atoms with E-state index < -0.39 is 0 Å². The number of fused-ring (bicyclic) bond motifs is 1. The van der Waals surface area contributed by atoms with Gasteiger partial charge < -0.3 is 15.4 Å². The Kier molecular flexibility index (Phi) is 2.80. The average molecular weight is 243 g/mol. The molecule has 1 aromatic heterocycles. The molecule has 2 aromatic rings. The van der Waals surface area contributed by atoms with Crippen LogP contribution in [0.15, 0.2) is 30.6 Å². The lowest BCUT2D eigenvalue weighted by atomic mass is 10.1. The van der Waals surface area contributed by atoms with Gasteiger partial charge in [-0.1, -0.05) is 0 Å². The summed E-state index contributed by atoms with van der Waals surface area (Å²) in [6.45, 7) is 1.64. The molecule has 18 heavy (non-hydrogen) atoms. The summed E-state index contributed by atoms with van der Waals surface area (Å²) in [6, 6.07) is 6.44. The topological polar surface area (TPSA) is 51.4 Å². The van der Waals surface area contributed by atoms with Crippen molar-refractivity contribution in [3.63, 3.8) is 0 Å². The molecule has 0 saturated carbocycles. The van der Waals surface area contributed by atoms with E-state index in [0.29, 0.717) is 6.04 Å². The van der Waals surface area contributed by atoms with E-state index in [9.17, 15) is 0 Å². The first-order valence-electron chi connectivity index (χ1n) is 6.20. The normalized spacial score (nSPS) is 19.3. The minimum atomic E-state index is 0.442. The van der Waals surface area contributed by atoms with Gasteiger partial charge in [0.2, 0.25) is 0 Å². The first kappa shape index (κ1) is 11.3. The van der Waals surface area contributed by atoms with Crippen LogP contribution in [0.5, 0.6) is 0 Å². The fourth-order valence-electron chi connectivity index (χ4n) is 2.53. The van der Waals surface area contributed by atoms with Gasteiger partial charge >= 0.3 is 0 Å². The van der Waals surface area contributed by atoms with Crippen molar-refractivity contribution in [2.24, 2.45) is 0 Å². The SMILES string of the molecule is CN(c1ccc(N)c2ccncc12)C1CCOC1. The molecule has 0 aliphatic carbocycles. The Hall–Kier alpha value is -1.81. The zero-order valence-electron chi connectivity index (χ0n) is 10.5. The Balaban J connectivity index is 2.08. The summed E-state index contributed by atoms with van der Waals surface area (Å²) in [5, 5.41) is 2.17. The average Bonchev–Trinajstić information content (AvgIpc) is 2.93. The number of hydrogen-bond acceptors (Lipinski definition) is 4. The van der Waals surface area contributed by atoms with Crippen LogP contribution in [0, 0.1) is 0 Å². The molecule has 94 valence electrons. The largest absolute Gasteiger partial charge is 0.398 e. The fraction of sp³-hybridized carbons (Fsp3) is 0.357. The lowest BCUT2D eigenvalue weighted by Gasteiger charge is -2.27. The maximum atomic E-state index is 6.01. The zero-order chi connectivity index (χ0) is 12.5. The predicted molar refractivity (Wildman–Crippen MR) is 73.8 cm³/mol. The van der Waals surface area contributed by atoms with Crippen LogP contribution in [0.25, 0.3) is 10.8 Å². The van der Waals surface area contributed by atoms with Crippen molar-refractivity contribution in [3.8, 4) is 0 Å². The first-order valence-corrected chi connectivity index (χ1v) is 6.20. The van der Waals surface area contributed by atoms with Crippen molar-refractivity contribution in [1.29, 1.82) is 0 Å². The van der Waals surface area contributed by atoms with Crippen LogP contribution in [0.3, 0.4) is 0 Å². The molecular formula is C14H17N3O. The molecular weight excluding hydrogens is 226 g/mol. The molecule has 0 bridgehead atoms. The van der Waals surface area contributed by atoms with Gasteiger partial charge in [-0.3, -0.25) is 4.98 Å². The number of anilines is 2. The lowest BCUT2D eigenvalue weighted by molar-refractivity contribution is 0.193. The van der Waals surface area contributed by atoms with Gasteiger partial charge in [0, 0.05) is 48.2 Å². The number of benzene rings is 1. The maximum Gasteiger partial charge on any atom is 0.0670 e. The minimum absolute atomic E-state index is 0.442. The highest BCUT2D eigenvalue weighted by molar-refractivity contribution is 6.00. The van der Waals surface area contributed by atoms with Crippen molar-refractivity contribution in [2.75, 3.05) is 30.9 Å². The third-order valence-electron chi connectivity index (χ3n) is 3.66. The van der Waals surface area contributed by atoms with Gasteiger partial charge in [-0.2, -0.15) is 0 Å². The molecule has 4 nitrogen and oxygen atoms in total. The van der Waals surface area contributed by atoms with E-state index in [2.05, 4.69) is 23.0 Å². The molecule has 1 fully saturated rings. The van der Waals surface area contributed by atoms with Crippen LogP contribution in [0.4, 0.5) is 11.4 Å². The number of nitrogens with two attached hydrogens (primary N) is 1. The zero-order valence-corrected chi connectivity index (χ0v) is 10.5. The van der Waals surface area contributed by atoms with E-state index in [0.717, 1.165) is 36.1 Å². The highest BCUT2D eigenvalue weighted by Crippen LogP contribution is 2.31. The Morgan fingerprint density at radius 1 is 1.33 bits per heavy atom. The van der Waals surface area contributed by atoms with Crippen molar-refractivity contribution in [2.45, 2.75) is 12.5 Å². The molecule has 4 heteroatoms. The van der Waals surface area contributed by atoms with Crippen molar-refractivity contribution < 1.29 is 4.74 Å².